The van der Waals surface area contributed by atoms with Gasteiger partial charge in [0, 0.05) is 10.1 Å². The van der Waals surface area contributed by atoms with Crippen molar-refractivity contribution in [1.29, 1.82) is 0 Å². The molecule has 7 nitrogen and oxygen atoms in total. The molecule has 0 aliphatic carbocycles. The molecular weight excluding hydrogens is 373 g/mol. The lowest BCUT2D eigenvalue weighted by Crippen LogP contribution is -2.03. The van der Waals surface area contributed by atoms with Crippen LogP contribution < -0.4 is 5.32 Å². The second kappa shape index (κ2) is 5.12. The van der Waals surface area contributed by atoms with Crippen molar-refractivity contribution < 1.29 is 10.2 Å². The summed E-state index contributed by atoms with van der Waals surface area (Å²) in [7, 11) is 0. The molecule has 3 aromatic rings. The second-order valence-corrected chi connectivity index (χ2v) is 5.34. The number of fused-ring (bicyclic) bond motifs is 1. The van der Waals surface area contributed by atoms with Gasteiger partial charge in [0.05, 0.1) is 11.9 Å². The third-order valence-electron chi connectivity index (χ3n) is 2.82. The molecule has 4 N–H and O–H groups in total. The predicted octanol–water partition coefficient (Wildman–Crippen LogP) is 1.98. The van der Waals surface area contributed by atoms with Crippen molar-refractivity contribution >= 4 is 39.6 Å². The minimum Gasteiger partial charge on any atom is -0.507 e. The van der Waals surface area contributed by atoms with Crippen LogP contribution >= 0.6 is 22.6 Å². The molecule has 8 heteroatoms. The van der Waals surface area contributed by atoms with E-state index in [1.54, 1.807) is 12.1 Å². The maximum atomic E-state index is 9.86. The first-order valence-corrected chi connectivity index (χ1v) is 6.81. The fraction of sp³-hybridized carbons (Fsp3) is 0.0833. The lowest BCUT2D eigenvalue weighted by molar-refractivity contribution is 0.439. The number of phenolic OH excluding ortho intramolecular Hbond substituents is 2. The van der Waals surface area contributed by atoms with Crippen LogP contribution in [0.3, 0.4) is 0 Å². The van der Waals surface area contributed by atoms with Crippen molar-refractivity contribution in [3.05, 3.63) is 33.9 Å². The molecule has 3 rings (SSSR count). The number of imidazole rings is 1. The zero-order valence-corrected chi connectivity index (χ0v) is 12.3. The fourth-order valence-corrected chi connectivity index (χ4v) is 2.45. The molecule has 0 amide bonds. The topological polar surface area (TPSA) is 107 Å². The highest BCUT2D eigenvalue weighted by molar-refractivity contribution is 14.1. The Morgan fingerprint density at radius 3 is 2.65 bits per heavy atom. The van der Waals surface area contributed by atoms with Gasteiger partial charge in [0.2, 0.25) is 0 Å². The Hall–Kier alpha value is -2.10. The average Bonchev–Trinajstić information content (AvgIpc) is 2.86. The highest BCUT2D eigenvalue weighted by Crippen LogP contribution is 2.30. The van der Waals surface area contributed by atoms with E-state index in [-0.39, 0.29) is 18.0 Å². The normalized spacial score (nSPS) is 10.8. The molecule has 0 aliphatic rings. The highest BCUT2D eigenvalue weighted by atomic mass is 127. The highest BCUT2D eigenvalue weighted by Gasteiger charge is 2.11. The number of hydrogen-bond acceptors (Lipinski definition) is 6. The molecule has 2 aromatic heterocycles. The van der Waals surface area contributed by atoms with Crippen molar-refractivity contribution in [3.8, 4) is 11.5 Å². The van der Waals surface area contributed by atoms with Gasteiger partial charge in [-0.1, -0.05) is 0 Å². The van der Waals surface area contributed by atoms with Crippen molar-refractivity contribution in [2.75, 3.05) is 5.32 Å². The summed E-state index contributed by atoms with van der Waals surface area (Å²) in [5, 5.41) is 22.8. The molecule has 2 heterocycles. The van der Waals surface area contributed by atoms with Gasteiger partial charge in [-0.2, -0.15) is 0 Å². The molecule has 0 fully saturated rings. The number of aromatic amines is 1. The summed E-state index contributed by atoms with van der Waals surface area (Å²) in [4.78, 5) is 15.1. The number of halogens is 1. The van der Waals surface area contributed by atoms with Crippen LogP contribution in [0.4, 0.5) is 5.82 Å². The lowest BCUT2D eigenvalue weighted by Gasteiger charge is -2.10. The van der Waals surface area contributed by atoms with Crippen LogP contribution in [0.2, 0.25) is 0 Å². The molecule has 0 saturated carbocycles. The van der Waals surface area contributed by atoms with Crippen LogP contribution in [-0.4, -0.2) is 30.1 Å². The molecule has 0 radical (unpaired) electrons. The van der Waals surface area contributed by atoms with E-state index in [1.807, 2.05) is 22.6 Å². The average molecular weight is 383 g/mol. The van der Waals surface area contributed by atoms with Gasteiger partial charge < -0.3 is 20.5 Å². The lowest BCUT2D eigenvalue weighted by atomic mass is 10.2. The number of aromatic nitrogens is 4. The van der Waals surface area contributed by atoms with Crippen LogP contribution in [0.5, 0.6) is 11.5 Å². The summed E-state index contributed by atoms with van der Waals surface area (Å²) in [6.07, 6.45) is 2.95. The van der Waals surface area contributed by atoms with Crippen molar-refractivity contribution in [3.63, 3.8) is 0 Å². The Labute approximate surface area is 127 Å². The Morgan fingerprint density at radius 2 is 1.90 bits per heavy atom. The summed E-state index contributed by atoms with van der Waals surface area (Å²) in [5.74, 6) is 0.608. The molecule has 0 saturated heterocycles. The molecule has 0 spiro atoms. The predicted molar refractivity (Wildman–Crippen MR) is 81.5 cm³/mol. The van der Waals surface area contributed by atoms with E-state index in [4.69, 9.17) is 0 Å². The molecule has 102 valence electrons. The van der Waals surface area contributed by atoms with Gasteiger partial charge >= 0.3 is 0 Å². The molecule has 0 bridgehead atoms. The van der Waals surface area contributed by atoms with Gasteiger partial charge in [0.1, 0.15) is 23.3 Å². The number of nitrogens with one attached hydrogen (secondary N) is 2. The van der Waals surface area contributed by atoms with Gasteiger partial charge in [-0.25, -0.2) is 15.0 Å². The molecular formula is C12H10IN5O2. The minimum absolute atomic E-state index is 0.0363. The van der Waals surface area contributed by atoms with E-state index in [1.165, 1.54) is 12.7 Å². The number of H-pyrrole nitrogens is 1. The largest absolute Gasteiger partial charge is 0.507 e. The quantitative estimate of drug-likeness (QED) is 0.516. The van der Waals surface area contributed by atoms with E-state index >= 15 is 0 Å². The van der Waals surface area contributed by atoms with E-state index in [9.17, 15) is 10.2 Å². The van der Waals surface area contributed by atoms with E-state index in [0.717, 1.165) is 3.57 Å². The molecule has 0 atom stereocenters. The number of hydrogen-bond donors (Lipinski definition) is 4. The van der Waals surface area contributed by atoms with Gasteiger partial charge in [0.25, 0.3) is 0 Å². The SMILES string of the molecule is Oc1cc(I)cc(O)c1CNc1ncnc2[nH]cnc12. The maximum Gasteiger partial charge on any atom is 0.162 e. The van der Waals surface area contributed by atoms with E-state index < -0.39 is 0 Å². The standard InChI is InChI=1S/C12H10IN5O2/c13-6-1-8(19)7(9(20)2-6)3-14-11-10-12(16-4-15-10)18-5-17-11/h1-2,4-5,19-20H,3H2,(H2,14,15,16,17,18). The van der Waals surface area contributed by atoms with Crippen LogP contribution in [0.25, 0.3) is 11.2 Å². The van der Waals surface area contributed by atoms with Gasteiger partial charge in [-0.3, -0.25) is 0 Å². The number of aromatic hydroxyl groups is 2. The van der Waals surface area contributed by atoms with Gasteiger partial charge in [-0.15, -0.1) is 0 Å². The third kappa shape index (κ3) is 2.33. The first-order chi connectivity index (χ1) is 9.65. The van der Waals surface area contributed by atoms with Crippen LogP contribution in [0, 0.1) is 3.57 Å². The van der Waals surface area contributed by atoms with Crippen molar-refractivity contribution in [1.82, 2.24) is 19.9 Å². The number of anilines is 1. The third-order valence-corrected chi connectivity index (χ3v) is 3.44. The van der Waals surface area contributed by atoms with E-state index in [2.05, 4.69) is 25.3 Å². The van der Waals surface area contributed by atoms with Crippen LogP contribution in [0.15, 0.2) is 24.8 Å². The Kier molecular flexibility index (Phi) is 3.30. The Balaban J connectivity index is 1.89. The van der Waals surface area contributed by atoms with Crippen molar-refractivity contribution in [2.24, 2.45) is 0 Å². The zero-order valence-electron chi connectivity index (χ0n) is 10.1. The molecule has 20 heavy (non-hydrogen) atoms. The van der Waals surface area contributed by atoms with E-state index in [0.29, 0.717) is 22.5 Å². The molecule has 0 unspecified atom stereocenters. The van der Waals surface area contributed by atoms with Gasteiger partial charge in [0.15, 0.2) is 11.5 Å². The number of nitrogens with zero attached hydrogens (tertiary/aromatic N) is 3. The minimum atomic E-state index is 0.0363. The number of phenols is 2. The van der Waals surface area contributed by atoms with Crippen LogP contribution in [-0.2, 0) is 6.54 Å². The summed E-state index contributed by atoms with van der Waals surface area (Å²) in [6.45, 7) is 0.230. The summed E-state index contributed by atoms with van der Waals surface area (Å²) < 4.78 is 0.762. The first kappa shape index (κ1) is 12.9. The molecule has 1 aromatic carbocycles. The van der Waals surface area contributed by atoms with Crippen LogP contribution in [0.1, 0.15) is 5.56 Å². The second-order valence-electron chi connectivity index (χ2n) is 4.10. The summed E-state index contributed by atoms with van der Waals surface area (Å²) >= 11 is 2.02. The summed E-state index contributed by atoms with van der Waals surface area (Å²) in [6, 6.07) is 3.17. The zero-order chi connectivity index (χ0) is 14.1. The monoisotopic (exact) mass is 383 g/mol. The Morgan fingerprint density at radius 1 is 1.15 bits per heavy atom. The number of benzene rings is 1. The fourth-order valence-electron chi connectivity index (χ4n) is 1.86. The number of rotatable bonds is 3. The molecule has 0 aliphatic heterocycles. The first-order valence-electron chi connectivity index (χ1n) is 5.73. The smallest absolute Gasteiger partial charge is 0.162 e. The van der Waals surface area contributed by atoms with Gasteiger partial charge in [-0.05, 0) is 34.7 Å². The Bertz CT molecular complexity index is 750. The van der Waals surface area contributed by atoms with Crippen molar-refractivity contribution in [2.45, 2.75) is 6.54 Å². The maximum absolute atomic E-state index is 9.86. The summed E-state index contributed by atoms with van der Waals surface area (Å²) in [5.41, 5.74) is 1.64.